The molecular formula is C12H19ClFN. The van der Waals surface area contributed by atoms with E-state index in [9.17, 15) is 4.39 Å². The van der Waals surface area contributed by atoms with Gasteiger partial charge in [-0.2, -0.15) is 0 Å². The van der Waals surface area contributed by atoms with Crippen LogP contribution in [0.5, 0.6) is 0 Å². The maximum absolute atomic E-state index is 13.0. The summed E-state index contributed by atoms with van der Waals surface area (Å²) in [6, 6.07) is 5.02. The second-order valence-electron chi connectivity index (χ2n) is 4.85. The lowest BCUT2D eigenvalue weighted by molar-refractivity contribution is 0.326. The molecular weight excluding hydrogens is 213 g/mol. The van der Waals surface area contributed by atoms with Gasteiger partial charge in [-0.15, -0.1) is 12.4 Å². The molecule has 1 nitrogen and oxygen atoms in total. The first-order valence-electron chi connectivity index (χ1n) is 4.84. The zero-order valence-corrected chi connectivity index (χ0v) is 10.5. The molecule has 0 heterocycles. The van der Waals surface area contributed by atoms with E-state index in [4.69, 9.17) is 5.73 Å². The Morgan fingerprint density at radius 2 is 1.80 bits per heavy atom. The van der Waals surface area contributed by atoms with Crippen molar-refractivity contribution in [1.29, 1.82) is 0 Å². The third-order valence-corrected chi connectivity index (χ3v) is 2.47. The molecule has 0 radical (unpaired) electrons. The molecule has 0 aliphatic carbocycles. The zero-order chi connectivity index (χ0) is 10.9. The minimum absolute atomic E-state index is 0. The fourth-order valence-corrected chi connectivity index (χ4v) is 1.36. The van der Waals surface area contributed by atoms with E-state index in [0.29, 0.717) is 5.56 Å². The van der Waals surface area contributed by atoms with Crippen LogP contribution in [0.1, 0.15) is 37.9 Å². The van der Waals surface area contributed by atoms with Gasteiger partial charge in [0.25, 0.3) is 0 Å². The van der Waals surface area contributed by atoms with Gasteiger partial charge in [-0.25, -0.2) is 4.39 Å². The largest absolute Gasteiger partial charge is 0.324 e. The minimum Gasteiger partial charge on any atom is -0.324 e. The van der Waals surface area contributed by atoms with Crippen molar-refractivity contribution >= 4 is 12.4 Å². The summed E-state index contributed by atoms with van der Waals surface area (Å²) in [7, 11) is 0. The van der Waals surface area contributed by atoms with Crippen LogP contribution in [0.25, 0.3) is 0 Å². The van der Waals surface area contributed by atoms with Crippen LogP contribution in [0, 0.1) is 18.2 Å². The normalized spacial score (nSPS) is 13.2. The quantitative estimate of drug-likeness (QED) is 0.785. The van der Waals surface area contributed by atoms with Gasteiger partial charge in [0.2, 0.25) is 0 Å². The van der Waals surface area contributed by atoms with Crippen LogP contribution >= 0.6 is 12.4 Å². The molecule has 0 aromatic heterocycles. The summed E-state index contributed by atoms with van der Waals surface area (Å²) < 4.78 is 13.0. The van der Waals surface area contributed by atoms with E-state index < -0.39 is 0 Å². The zero-order valence-electron chi connectivity index (χ0n) is 9.67. The van der Waals surface area contributed by atoms with E-state index in [1.165, 1.54) is 6.07 Å². The third kappa shape index (κ3) is 3.47. The van der Waals surface area contributed by atoms with Crippen molar-refractivity contribution in [1.82, 2.24) is 0 Å². The van der Waals surface area contributed by atoms with Crippen molar-refractivity contribution in [3.63, 3.8) is 0 Å². The molecule has 1 atom stereocenters. The fraction of sp³-hybridized carbons (Fsp3) is 0.500. The van der Waals surface area contributed by atoms with Crippen molar-refractivity contribution in [2.24, 2.45) is 11.1 Å². The van der Waals surface area contributed by atoms with Crippen LogP contribution in [0.3, 0.4) is 0 Å². The van der Waals surface area contributed by atoms with E-state index in [0.717, 1.165) is 5.56 Å². The number of hydrogen-bond donors (Lipinski definition) is 1. The van der Waals surface area contributed by atoms with Crippen LogP contribution < -0.4 is 5.73 Å². The second kappa shape index (κ2) is 4.95. The van der Waals surface area contributed by atoms with Gasteiger partial charge in [-0.1, -0.05) is 32.9 Å². The van der Waals surface area contributed by atoms with Crippen LogP contribution in [0.4, 0.5) is 4.39 Å². The first-order chi connectivity index (χ1) is 6.32. The van der Waals surface area contributed by atoms with Crippen LogP contribution in [-0.4, -0.2) is 0 Å². The van der Waals surface area contributed by atoms with Crippen molar-refractivity contribution in [3.05, 3.63) is 35.1 Å². The Morgan fingerprint density at radius 1 is 1.27 bits per heavy atom. The molecule has 0 spiro atoms. The Balaban J connectivity index is 0.00000196. The molecule has 0 aliphatic heterocycles. The van der Waals surface area contributed by atoms with Gasteiger partial charge in [-0.05, 0) is 29.5 Å². The first-order valence-corrected chi connectivity index (χ1v) is 4.84. The highest BCUT2D eigenvalue weighted by molar-refractivity contribution is 5.85. The number of hydrogen-bond acceptors (Lipinski definition) is 1. The average molecular weight is 232 g/mol. The van der Waals surface area contributed by atoms with Crippen LogP contribution in [0.2, 0.25) is 0 Å². The molecule has 0 bridgehead atoms. The maximum Gasteiger partial charge on any atom is 0.126 e. The number of nitrogens with two attached hydrogens (primary N) is 1. The average Bonchev–Trinajstić information content (AvgIpc) is 2.07. The smallest absolute Gasteiger partial charge is 0.126 e. The summed E-state index contributed by atoms with van der Waals surface area (Å²) in [5.74, 6) is -0.171. The molecule has 15 heavy (non-hydrogen) atoms. The summed E-state index contributed by atoms with van der Waals surface area (Å²) in [5, 5.41) is 0. The molecule has 0 saturated carbocycles. The van der Waals surface area contributed by atoms with Gasteiger partial charge in [0, 0.05) is 6.04 Å². The maximum atomic E-state index is 13.0. The molecule has 0 fully saturated rings. The molecule has 1 rings (SSSR count). The van der Waals surface area contributed by atoms with Crippen molar-refractivity contribution in [2.75, 3.05) is 0 Å². The van der Waals surface area contributed by atoms with Crippen molar-refractivity contribution < 1.29 is 4.39 Å². The molecule has 2 N–H and O–H groups in total. The lowest BCUT2D eigenvalue weighted by atomic mass is 9.83. The molecule has 0 amide bonds. The number of benzene rings is 1. The van der Waals surface area contributed by atoms with Gasteiger partial charge in [0.15, 0.2) is 0 Å². The van der Waals surface area contributed by atoms with Gasteiger partial charge in [0.05, 0.1) is 0 Å². The summed E-state index contributed by atoms with van der Waals surface area (Å²) in [6.07, 6.45) is 0. The molecule has 1 aromatic rings. The van der Waals surface area contributed by atoms with E-state index in [-0.39, 0.29) is 29.7 Å². The molecule has 1 aromatic carbocycles. The van der Waals surface area contributed by atoms with Crippen LogP contribution in [-0.2, 0) is 0 Å². The lowest BCUT2D eigenvalue weighted by Gasteiger charge is -2.27. The Hall–Kier alpha value is -0.600. The minimum atomic E-state index is -0.171. The predicted molar refractivity (Wildman–Crippen MR) is 64.8 cm³/mol. The SMILES string of the molecule is Cc1cc([C@H](N)C(C)(C)C)ccc1F.Cl. The molecule has 0 aliphatic rings. The Bertz CT molecular complexity index is 331. The third-order valence-electron chi connectivity index (χ3n) is 2.47. The summed E-state index contributed by atoms with van der Waals surface area (Å²) in [6.45, 7) is 8.00. The van der Waals surface area contributed by atoms with E-state index in [1.54, 1.807) is 13.0 Å². The van der Waals surface area contributed by atoms with Gasteiger partial charge >= 0.3 is 0 Å². The monoisotopic (exact) mass is 231 g/mol. The molecule has 3 heteroatoms. The molecule has 0 saturated heterocycles. The van der Waals surface area contributed by atoms with E-state index in [1.807, 2.05) is 6.07 Å². The van der Waals surface area contributed by atoms with E-state index >= 15 is 0 Å². The second-order valence-corrected chi connectivity index (χ2v) is 4.85. The van der Waals surface area contributed by atoms with Gasteiger partial charge in [-0.3, -0.25) is 0 Å². The summed E-state index contributed by atoms with van der Waals surface area (Å²) >= 11 is 0. The highest BCUT2D eigenvalue weighted by atomic mass is 35.5. The van der Waals surface area contributed by atoms with Gasteiger partial charge in [0.1, 0.15) is 5.82 Å². The first kappa shape index (κ1) is 14.4. The lowest BCUT2D eigenvalue weighted by Crippen LogP contribution is -2.26. The molecule has 86 valence electrons. The Kier molecular flexibility index (Phi) is 4.75. The summed E-state index contributed by atoms with van der Waals surface area (Å²) in [4.78, 5) is 0. The summed E-state index contributed by atoms with van der Waals surface area (Å²) in [5.41, 5.74) is 7.72. The number of halogens is 2. The number of rotatable bonds is 1. The topological polar surface area (TPSA) is 26.0 Å². The standard InChI is InChI=1S/C12H18FN.ClH/c1-8-7-9(5-6-10(8)13)11(14)12(2,3)4;/h5-7,11H,14H2,1-4H3;1H/t11-;/m0./s1. The predicted octanol–water partition coefficient (Wildman–Crippen LogP) is 3.60. The van der Waals surface area contributed by atoms with Crippen LogP contribution in [0.15, 0.2) is 18.2 Å². The fourth-order valence-electron chi connectivity index (χ4n) is 1.36. The molecule has 0 unspecified atom stereocenters. The highest BCUT2D eigenvalue weighted by Gasteiger charge is 2.22. The Morgan fingerprint density at radius 3 is 2.20 bits per heavy atom. The van der Waals surface area contributed by atoms with E-state index in [2.05, 4.69) is 20.8 Å². The highest BCUT2D eigenvalue weighted by Crippen LogP contribution is 2.30. The van der Waals surface area contributed by atoms with Crippen molar-refractivity contribution in [2.45, 2.75) is 33.7 Å². The Labute approximate surface area is 97.3 Å². The van der Waals surface area contributed by atoms with Crippen molar-refractivity contribution in [3.8, 4) is 0 Å². The van der Waals surface area contributed by atoms with Gasteiger partial charge < -0.3 is 5.73 Å². The number of aryl methyl sites for hydroxylation is 1.